The maximum Gasteiger partial charge on any atom is 0.238 e. The normalized spacial score (nSPS) is 21.0. The van der Waals surface area contributed by atoms with Gasteiger partial charge in [0.15, 0.2) is 0 Å². The van der Waals surface area contributed by atoms with Crippen LogP contribution in [0.1, 0.15) is 25.3 Å². The lowest BCUT2D eigenvalue weighted by molar-refractivity contribution is -0.118. The van der Waals surface area contributed by atoms with E-state index in [1.54, 1.807) is 6.07 Å². The molecule has 116 valence electrons. The van der Waals surface area contributed by atoms with Crippen molar-refractivity contribution >= 4 is 23.2 Å². The molecule has 1 aromatic rings. The number of carbonyl (C=O) groups excluding carboxylic acids is 1. The molecule has 1 aliphatic heterocycles. The number of aliphatic hydroxyl groups excluding tert-OH is 1. The summed E-state index contributed by atoms with van der Waals surface area (Å²) in [6.07, 6.45) is 1.74. The first-order valence-electron chi connectivity index (χ1n) is 7.42. The number of aliphatic hydroxyl groups is 1. The zero-order valence-corrected chi connectivity index (χ0v) is 13.4. The highest BCUT2D eigenvalue weighted by molar-refractivity contribution is 6.31. The first-order chi connectivity index (χ1) is 9.95. The number of carbonyl (C=O) groups is 1. The van der Waals surface area contributed by atoms with Crippen LogP contribution < -0.4 is 5.32 Å². The summed E-state index contributed by atoms with van der Waals surface area (Å²) < 4.78 is 0. The first kappa shape index (κ1) is 16.3. The molecule has 1 aliphatic rings. The molecule has 1 aromatic carbocycles. The van der Waals surface area contributed by atoms with Gasteiger partial charge >= 0.3 is 0 Å². The third-order valence-corrected chi connectivity index (χ3v) is 4.45. The predicted octanol–water partition coefficient (Wildman–Crippen LogP) is 2.68. The van der Waals surface area contributed by atoms with E-state index < -0.39 is 0 Å². The molecule has 0 spiro atoms. The number of halogens is 1. The number of rotatable bonds is 4. The fourth-order valence-electron chi connectivity index (χ4n) is 2.70. The van der Waals surface area contributed by atoms with E-state index in [4.69, 9.17) is 11.6 Å². The Morgan fingerprint density at radius 3 is 3.00 bits per heavy atom. The predicted molar refractivity (Wildman–Crippen MR) is 85.7 cm³/mol. The molecule has 1 amide bonds. The van der Waals surface area contributed by atoms with E-state index >= 15 is 0 Å². The van der Waals surface area contributed by atoms with E-state index in [1.807, 2.05) is 26.0 Å². The summed E-state index contributed by atoms with van der Waals surface area (Å²) in [7, 11) is 0. The molecule has 2 N–H and O–H groups in total. The van der Waals surface area contributed by atoms with E-state index in [0.29, 0.717) is 11.6 Å². The van der Waals surface area contributed by atoms with E-state index in [0.717, 1.165) is 37.2 Å². The Kier molecular flexibility index (Phi) is 5.62. The van der Waals surface area contributed by atoms with Gasteiger partial charge in [0.25, 0.3) is 0 Å². The molecular weight excluding hydrogens is 288 g/mol. The van der Waals surface area contributed by atoms with E-state index in [-0.39, 0.29) is 17.9 Å². The Bertz CT molecular complexity index is 505. The van der Waals surface area contributed by atoms with E-state index in [2.05, 4.69) is 10.2 Å². The maximum atomic E-state index is 12.1. The van der Waals surface area contributed by atoms with Crippen LogP contribution in [0.5, 0.6) is 0 Å². The molecule has 21 heavy (non-hydrogen) atoms. The van der Waals surface area contributed by atoms with Crippen LogP contribution in [0.2, 0.25) is 5.02 Å². The Morgan fingerprint density at radius 2 is 2.33 bits per heavy atom. The number of piperidine rings is 1. The lowest BCUT2D eigenvalue weighted by Crippen LogP contribution is -2.43. The summed E-state index contributed by atoms with van der Waals surface area (Å²) in [4.78, 5) is 14.2. The van der Waals surface area contributed by atoms with Gasteiger partial charge in [0, 0.05) is 17.3 Å². The number of aryl methyl sites for hydroxylation is 1. The number of hydrogen-bond acceptors (Lipinski definition) is 3. The van der Waals surface area contributed by atoms with Gasteiger partial charge < -0.3 is 10.4 Å². The molecular formula is C16H23ClN2O2. The minimum Gasteiger partial charge on any atom is -0.393 e. The van der Waals surface area contributed by atoms with Crippen molar-refractivity contribution in [2.24, 2.45) is 5.92 Å². The van der Waals surface area contributed by atoms with Crippen LogP contribution in [0.3, 0.4) is 0 Å². The first-order valence-corrected chi connectivity index (χ1v) is 7.80. The van der Waals surface area contributed by atoms with Crippen molar-refractivity contribution in [1.29, 1.82) is 0 Å². The van der Waals surface area contributed by atoms with Crippen molar-refractivity contribution in [3.05, 3.63) is 28.8 Å². The number of amides is 1. The highest BCUT2D eigenvalue weighted by Crippen LogP contribution is 2.21. The Morgan fingerprint density at radius 1 is 1.57 bits per heavy atom. The number of benzene rings is 1. The van der Waals surface area contributed by atoms with Crippen molar-refractivity contribution in [3.8, 4) is 0 Å². The molecule has 2 unspecified atom stereocenters. The van der Waals surface area contributed by atoms with Gasteiger partial charge in [-0.3, -0.25) is 9.69 Å². The number of anilines is 1. The van der Waals surface area contributed by atoms with E-state index in [9.17, 15) is 9.90 Å². The zero-order valence-electron chi connectivity index (χ0n) is 12.6. The van der Waals surface area contributed by atoms with Crippen molar-refractivity contribution in [2.75, 3.05) is 25.0 Å². The number of nitrogens with zero attached hydrogens (tertiary/aromatic N) is 1. The average molecular weight is 311 g/mol. The van der Waals surface area contributed by atoms with Crippen LogP contribution >= 0.6 is 11.6 Å². The fourth-order valence-corrected chi connectivity index (χ4v) is 2.88. The second kappa shape index (κ2) is 7.25. The molecule has 4 nitrogen and oxygen atoms in total. The van der Waals surface area contributed by atoms with Crippen LogP contribution in [0.25, 0.3) is 0 Å². The number of hydrogen-bond donors (Lipinski definition) is 2. The highest BCUT2D eigenvalue weighted by Gasteiger charge is 2.24. The molecule has 2 atom stereocenters. The molecule has 0 aromatic heterocycles. The molecule has 5 heteroatoms. The Balaban J connectivity index is 1.87. The number of nitrogens with one attached hydrogen (secondary N) is 1. The second-order valence-electron chi connectivity index (χ2n) is 5.89. The molecule has 0 saturated carbocycles. The molecule has 0 bridgehead atoms. The lowest BCUT2D eigenvalue weighted by Gasteiger charge is -2.33. The highest BCUT2D eigenvalue weighted by atomic mass is 35.5. The quantitative estimate of drug-likeness (QED) is 0.899. The monoisotopic (exact) mass is 310 g/mol. The molecule has 1 fully saturated rings. The van der Waals surface area contributed by atoms with Gasteiger partial charge in [0.1, 0.15) is 0 Å². The fraction of sp³-hybridized carbons (Fsp3) is 0.562. The van der Waals surface area contributed by atoms with Crippen molar-refractivity contribution < 1.29 is 9.90 Å². The minimum atomic E-state index is -0.313. The SMILES string of the molecule is Cc1ccc(NC(=O)CN2CCCC(C(C)O)C2)cc1Cl. The molecule has 1 saturated heterocycles. The average Bonchev–Trinajstić information content (AvgIpc) is 2.43. The van der Waals surface area contributed by atoms with Crippen molar-refractivity contribution in [3.63, 3.8) is 0 Å². The summed E-state index contributed by atoms with van der Waals surface area (Å²) in [5.41, 5.74) is 1.71. The third kappa shape index (κ3) is 4.70. The Hall–Kier alpha value is -1.10. The molecule has 2 rings (SSSR count). The summed E-state index contributed by atoms with van der Waals surface area (Å²) in [5, 5.41) is 13.2. The molecule has 0 aliphatic carbocycles. The largest absolute Gasteiger partial charge is 0.393 e. The zero-order chi connectivity index (χ0) is 15.4. The maximum absolute atomic E-state index is 12.1. The second-order valence-corrected chi connectivity index (χ2v) is 6.30. The number of likely N-dealkylation sites (tertiary alicyclic amines) is 1. The van der Waals surface area contributed by atoms with Gasteiger partial charge in [-0.25, -0.2) is 0 Å². The van der Waals surface area contributed by atoms with Gasteiger partial charge in [0.05, 0.1) is 12.6 Å². The molecule has 1 heterocycles. The third-order valence-electron chi connectivity index (χ3n) is 4.05. The van der Waals surface area contributed by atoms with E-state index in [1.165, 1.54) is 0 Å². The molecule has 0 radical (unpaired) electrons. The van der Waals surface area contributed by atoms with Crippen LogP contribution in [0.15, 0.2) is 18.2 Å². The van der Waals surface area contributed by atoms with Crippen molar-refractivity contribution in [1.82, 2.24) is 4.90 Å². The van der Waals surface area contributed by atoms with Gasteiger partial charge in [0.2, 0.25) is 5.91 Å². The smallest absolute Gasteiger partial charge is 0.238 e. The summed E-state index contributed by atoms with van der Waals surface area (Å²) >= 11 is 6.05. The van der Waals surface area contributed by atoms with Gasteiger partial charge in [-0.15, -0.1) is 0 Å². The lowest BCUT2D eigenvalue weighted by atomic mass is 9.93. The van der Waals surface area contributed by atoms with Gasteiger partial charge in [-0.05, 0) is 56.8 Å². The van der Waals surface area contributed by atoms with Crippen LogP contribution in [-0.4, -0.2) is 41.7 Å². The van der Waals surface area contributed by atoms with Crippen LogP contribution in [0, 0.1) is 12.8 Å². The summed E-state index contributed by atoms with van der Waals surface area (Å²) in [6, 6.07) is 5.51. The van der Waals surface area contributed by atoms with Gasteiger partial charge in [-0.2, -0.15) is 0 Å². The topological polar surface area (TPSA) is 52.6 Å². The minimum absolute atomic E-state index is 0.0406. The standard InChI is InChI=1S/C16H23ClN2O2/c1-11-5-6-14(8-15(11)17)18-16(21)10-19-7-3-4-13(9-19)12(2)20/h5-6,8,12-13,20H,3-4,7,9-10H2,1-2H3,(H,18,21). The van der Waals surface area contributed by atoms with Crippen LogP contribution in [0.4, 0.5) is 5.69 Å². The summed E-state index contributed by atoms with van der Waals surface area (Å²) in [5.74, 6) is 0.224. The Labute approximate surface area is 131 Å². The van der Waals surface area contributed by atoms with Crippen LogP contribution in [-0.2, 0) is 4.79 Å². The van der Waals surface area contributed by atoms with Crippen molar-refractivity contribution in [2.45, 2.75) is 32.8 Å². The summed E-state index contributed by atoms with van der Waals surface area (Å²) in [6.45, 7) is 5.79. The van der Waals surface area contributed by atoms with Gasteiger partial charge in [-0.1, -0.05) is 17.7 Å².